The molecule has 1 aliphatic heterocycles. The number of anilines is 1. The van der Waals surface area contributed by atoms with Crippen LogP contribution >= 0.6 is 11.6 Å². The lowest BCUT2D eigenvalue weighted by Gasteiger charge is -2.36. The lowest BCUT2D eigenvalue weighted by atomic mass is 10.2. The number of halogens is 1. The maximum atomic E-state index is 12.1. The fraction of sp³-hybridized carbons (Fsp3) is 0.562. The number of hydrogen-bond acceptors (Lipinski definition) is 3. The number of benzene rings is 1. The van der Waals surface area contributed by atoms with Crippen molar-refractivity contribution in [3.63, 3.8) is 0 Å². The zero-order chi connectivity index (χ0) is 16.1. The number of aryl methyl sites for hydroxylation is 1. The summed E-state index contributed by atoms with van der Waals surface area (Å²) in [6.45, 7) is 6.68. The van der Waals surface area contributed by atoms with Gasteiger partial charge in [-0.05, 0) is 38.7 Å². The second-order valence-corrected chi connectivity index (χ2v) is 6.35. The molecule has 6 heteroatoms. The maximum absolute atomic E-state index is 12.1. The molecule has 0 aromatic heterocycles. The van der Waals surface area contributed by atoms with Gasteiger partial charge in [-0.1, -0.05) is 17.7 Å². The molecule has 1 N–H and O–H groups in total. The molecule has 1 heterocycles. The quantitative estimate of drug-likeness (QED) is 0.921. The van der Waals surface area contributed by atoms with Crippen LogP contribution in [0.1, 0.15) is 5.56 Å². The zero-order valence-electron chi connectivity index (χ0n) is 13.6. The Morgan fingerprint density at radius 2 is 1.95 bits per heavy atom. The van der Waals surface area contributed by atoms with Gasteiger partial charge >= 0.3 is 6.03 Å². The first-order chi connectivity index (χ1) is 10.5. The lowest BCUT2D eigenvalue weighted by molar-refractivity contribution is 0.193. The van der Waals surface area contributed by atoms with Gasteiger partial charge in [0.2, 0.25) is 0 Å². The molecular weight excluding hydrogens is 300 g/mol. The first-order valence-electron chi connectivity index (χ1n) is 7.66. The minimum atomic E-state index is 0.0310. The highest BCUT2D eigenvalue weighted by molar-refractivity contribution is 6.31. The van der Waals surface area contributed by atoms with E-state index in [1.165, 1.54) is 0 Å². The van der Waals surface area contributed by atoms with E-state index in [4.69, 9.17) is 11.6 Å². The Balaban J connectivity index is 1.82. The van der Waals surface area contributed by atoms with Crippen LogP contribution < -0.4 is 10.2 Å². The van der Waals surface area contributed by atoms with E-state index in [-0.39, 0.29) is 6.03 Å². The predicted molar refractivity (Wildman–Crippen MR) is 91.9 cm³/mol. The molecule has 1 aromatic rings. The fourth-order valence-electron chi connectivity index (χ4n) is 2.44. The van der Waals surface area contributed by atoms with E-state index in [2.05, 4.69) is 21.2 Å². The molecule has 122 valence electrons. The zero-order valence-corrected chi connectivity index (χ0v) is 14.4. The van der Waals surface area contributed by atoms with Gasteiger partial charge in [0, 0.05) is 50.0 Å². The standard InChI is InChI=1S/C16H25ClN4O/c1-13-4-5-14(12-15(13)17)20-8-10-21(11-9-20)16(22)18-6-7-19(2)3/h4-5,12H,6-11H2,1-3H3,(H,18,22). The molecule has 0 atom stereocenters. The highest BCUT2D eigenvalue weighted by Crippen LogP contribution is 2.24. The Bertz CT molecular complexity index is 513. The van der Waals surface area contributed by atoms with Crippen molar-refractivity contribution in [3.05, 3.63) is 28.8 Å². The highest BCUT2D eigenvalue weighted by atomic mass is 35.5. The maximum Gasteiger partial charge on any atom is 0.317 e. The molecule has 0 aliphatic carbocycles. The Morgan fingerprint density at radius 1 is 1.27 bits per heavy atom. The predicted octanol–water partition coefficient (Wildman–Crippen LogP) is 2.04. The number of nitrogens with zero attached hydrogens (tertiary/aromatic N) is 3. The number of piperazine rings is 1. The van der Waals surface area contributed by atoms with Crippen molar-refractivity contribution >= 4 is 23.3 Å². The van der Waals surface area contributed by atoms with E-state index in [0.717, 1.165) is 49.0 Å². The summed E-state index contributed by atoms with van der Waals surface area (Å²) in [5.41, 5.74) is 2.22. The first kappa shape index (κ1) is 16.9. The molecule has 2 amide bonds. The number of likely N-dealkylation sites (N-methyl/N-ethyl adjacent to an activating group) is 1. The van der Waals surface area contributed by atoms with Gasteiger partial charge in [-0.25, -0.2) is 4.79 Å². The van der Waals surface area contributed by atoms with Crippen LogP contribution in [0.5, 0.6) is 0 Å². The van der Waals surface area contributed by atoms with Crippen LogP contribution in [0.25, 0.3) is 0 Å². The van der Waals surface area contributed by atoms with Crippen molar-refractivity contribution in [2.75, 3.05) is 58.3 Å². The van der Waals surface area contributed by atoms with E-state index >= 15 is 0 Å². The van der Waals surface area contributed by atoms with Gasteiger partial charge in [0.1, 0.15) is 0 Å². The summed E-state index contributed by atoms with van der Waals surface area (Å²) in [5.74, 6) is 0. The second kappa shape index (κ2) is 7.70. The van der Waals surface area contributed by atoms with Crippen molar-refractivity contribution in [3.8, 4) is 0 Å². The monoisotopic (exact) mass is 324 g/mol. The molecule has 1 fully saturated rings. The van der Waals surface area contributed by atoms with Gasteiger partial charge < -0.3 is 20.0 Å². The van der Waals surface area contributed by atoms with Crippen molar-refractivity contribution in [1.29, 1.82) is 0 Å². The van der Waals surface area contributed by atoms with Gasteiger partial charge in [0.15, 0.2) is 0 Å². The summed E-state index contributed by atoms with van der Waals surface area (Å²) in [6, 6.07) is 6.17. The van der Waals surface area contributed by atoms with Gasteiger partial charge in [-0.3, -0.25) is 0 Å². The Labute approximate surface area is 137 Å². The molecule has 1 saturated heterocycles. The molecule has 0 saturated carbocycles. The van der Waals surface area contributed by atoms with Crippen LogP contribution in [0, 0.1) is 6.92 Å². The molecule has 5 nitrogen and oxygen atoms in total. The second-order valence-electron chi connectivity index (χ2n) is 5.94. The van der Waals surface area contributed by atoms with E-state index in [1.807, 2.05) is 38.1 Å². The number of nitrogens with one attached hydrogen (secondary N) is 1. The third kappa shape index (κ3) is 4.52. The third-order valence-corrected chi connectivity index (χ3v) is 4.33. The average Bonchev–Trinajstić information content (AvgIpc) is 2.50. The van der Waals surface area contributed by atoms with E-state index in [9.17, 15) is 4.79 Å². The van der Waals surface area contributed by atoms with Crippen LogP contribution in [0.4, 0.5) is 10.5 Å². The van der Waals surface area contributed by atoms with Gasteiger partial charge in [-0.2, -0.15) is 0 Å². The molecule has 0 bridgehead atoms. The largest absolute Gasteiger partial charge is 0.368 e. The Kier molecular flexibility index (Phi) is 5.91. The molecule has 0 spiro atoms. The topological polar surface area (TPSA) is 38.8 Å². The number of amides is 2. The molecule has 0 radical (unpaired) electrons. The normalized spacial score (nSPS) is 15.3. The molecule has 22 heavy (non-hydrogen) atoms. The summed E-state index contributed by atoms with van der Waals surface area (Å²) in [4.78, 5) is 18.3. The van der Waals surface area contributed by atoms with Crippen molar-refractivity contribution in [2.24, 2.45) is 0 Å². The summed E-state index contributed by atoms with van der Waals surface area (Å²) in [6.07, 6.45) is 0. The number of hydrogen-bond donors (Lipinski definition) is 1. The van der Waals surface area contributed by atoms with Crippen molar-refractivity contribution in [1.82, 2.24) is 15.1 Å². The molecule has 2 rings (SSSR count). The fourth-order valence-corrected chi connectivity index (χ4v) is 2.62. The SMILES string of the molecule is Cc1ccc(N2CCN(C(=O)NCCN(C)C)CC2)cc1Cl. The Hall–Kier alpha value is -1.46. The first-order valence-corrected chi connectivity index (χ1v) is 8.04. The number of urea groups is 1. The lowest BCUT2D eigenvalue weighted by Crippen LogP contribution is -2.52. The van der Waals surface area contributed by atoms with Crippen LogP contribution in [-0.2, 0) is 0 Å². The molecular formula is C16H25ClN4O. The summed E-state index contributed by atoms with van der Waals surface area (Å²) in [7, 11) is 4.00. The minimum absolute atomic E-state index is 0.0310. The van der Waals surface area contributed by atoms with Crippen LogP contribution in [0.15, 0.2) is 18.2 Å². The third-order valence-electron chi connectivity index (χ3n) is 3.92. The van der Waals surface area contributed by atoms with Crippen molar-refractivity contribution in [2.45, 2.75) is 6.92 Å². The summed E-state index contributed by atoms with van der Waals surface area (Å²) >= 11 is 6.19. The minimum Gasteiger partial charge on any atom is -0.368 e. The summed E-state index contributed by atoms with van der Waals surface area (Å²) in [5, 5.41) is 3.75. The number of carbonyl (C=O) groups is 1. The van der Waals surface area contributed by atoms with E-state index in [0.29, 0.717) is 6.54 Å². The van der Waals surface area contributed by atoms with E-state index < -0.39 is 0 Å². The van der Waals surface area contributed by atoms with Crippen LogP contribution in [0.2, 0.25) is 5.02 Å². The smallest absolute Gasteiger partial charge is 0.317 e. The Morgan fingerprint density at radius 3 is 2.55 bits per heavy atom. The van der Waals surface area contributed by atoms with E-state index in [1.54, 1.807) is 0 Å². The molecule has 0 unspecified atom stereocenters. The molecule has 1 aromatic carbocycles. The highest BCUT2D eigenvalue weighted by Gasteiger charge is 2.21. The van der Waals surface area contributed by atoms with Crippen LogP contribution in [0.3, 0.4) is 0 Å². The van der Waals surface area contributed by atoms with Gasteiger partial charge in [0.25, 0.3) is 0 Å². The summed E-state index contributed by atoms with van der Waals surface area (Å²) < 4.78 is 0. The number of rotatable bonds is 4. The van der Waals surface area contributed by atoms with Gasteiger partial charge in [0.05, 0.1) is 0 Å². The van der Waals surface area contributed by atoms with Crippen LogP contribution in [-0.4, -0.2) is 69.2 Å². The molecule has 1 aliphatic rings. The average molecular weight is 325 g/mol. The van der Waals surface area contributed by atoms with Gasteiger partial charge in [-0.15, -0.1) is 0 Å². The number of carbonyl (C=O) groups excluding carboxylic acids is 1. The van der Waals surface area contributed by atoms with Crippen molar-refractivity contribution < 1.29 is 4.79 Å².